The summed E-state index contributed by atoms with van der Waals surface area (Å²) in [5, 5.41) is 0.572. The summed E-state index contributed by atoms with van der Waals surface area (Å²) in [4.78, 5) is 2.40. The summed E-state index contributed by atoms with van der Waals surface area (Å²) in [5.41, 5.74) is 0. The van der Waals surface area contributed by atoms with Gasteiger partial charge >= 0.3 is 0 Å². The molecule has 0 N–H and O–H groups in total. The first-order valence-electron chi connectivity index (χ1n) is 4.07. The summed E-state index contributed by atoms with van der Waals surface area (Å²) in [6, 6.07) is 0. The Bertz CT molecular complexity index is 103. The van der Waals surface area contributed by atoms with Gasteiger partial charge < -0.3 is 4.90 Å². The van der Waals surface area contributed by atoms with E-state index >= 15 is 0 Å². The fourth-order valence-electron chi connectivity index (χ4n) is 1.60. The fourth-order valence-corrected chi connectivity index (χ4v) is 1.84. The molecule has 0 aromatic heterocycles. The van der Waals surface area contributed by atoms with E-state index in [1.165, 1.54) is 25.9 Å². The third-order valence-corrected chi connectivity index (χ3v) is 2.76. The van der Waals surface area contributed by atoms with Crippen LogP contribution in [-0.4, -0.2) is 30.3 Å². The van der Waals surface area contributed by atoms with E-state index in [9.17, 15) is 0 Å². The van der Waals surface area contributed by atoms with E-state index in [0.717, 1.165) is 5.92 Å². The van der Waals surface area contributed by atoms with Crippen LogP contribution in [0.4, 0.5) is 0 Å². The van der Waals surface area contributed by atoms with Crippen molar-refractivity contribution in [2.75, 3.05) is 20.1 Å². The number of likely N-dealkylation sites (tertiary alicyclic amines) is 1. The summed E-state index contributed by atoms with van der Waals surface area (Å²) in [7, 11) is 2.20. The molecule has 1 fully saturated rings. The lowest BCUT2D eigenvalue weighted by Crippen LogP contribution is -2.35. The van der Waals surface area contributed by atoms with Crippen molar-refractivity contribution in [2.24, 2.45) is 5.92 Å². The van der Waals surface area contributed by atoms with E-state index in [1.54, 1.807) is 0 Å². The molecule has 0 aromatic carbocycles. The number of hydrogen-bond donors (Lipinski definition) is 1. The Morgan fingerprint density at radius 2 is 2.30 bits per heavy atom. The molecule has 0 saturated carbocycles. The molecule has 0 amide bonds. The summed E-state index contributed by atoms with van der Waals surface area (Å²) in [6.45, 7) is 4.72. The van der Waals surface area contributed by atoms with Gasteiger partial charge in [-0.2, -0.15) is 12.6 Å². The topological polar surface area (TPSA) is 3.24 Å². The molecule has 0 aromatic rings. The minimum absolute atomic E-state index is 0.572. The average Bonchev–Trinajstić information content (AvgIpc) is 1.88. The van der Waals surface area contributed by atoms with Gasteiger partial charge in [0.25, 0.3) is 0 Å². The second-order valence-electron chi connectivity index (χ2n) is 3.41. The van der Waals surface area contributed by atoms with Crippen LogP contribution >= 0.6 is 12.6 Å². The Labute approximate surface area is 69.2 Å². The van der Waals surface area contributed by atoms with Crippen molar-refractivity contribution in [1.82, 2.24) is 4.90 Å². The molecule has 60 valence electrons. The van der Waals surface area contributed by atoms with Crippen LogP contribution in [0.2, 0.25) is 0 Å². The van der Waals surface area contributed by atoms with Gasteiger partial charge in [-0.1, -0.05) is 6.92 Å². The highest BCUT2D eigenvalue weighted by Crippen LogP contribution is 2.21. The molecule has 2 heteroatoms. The van der Waals surface area contributed by atoms with Crippen molar-refractivity contribution in [1.29, 1.82) is 0 Å². The normalized spacial score (nSPS) is 32.1. The predicted octanol–water partition coefficient (Wildman–Crippen LogP) is 1.65. The van der Waals surface area contributed by atoms with Gasteiger partial charge in [0.1, 0.15) is 0 Å². The first kappa shape index (κ1) is 8.41. The third kappa shape index (κ3) is 2.17. The average molecular weight is 159 g/mol. The monoisotopic (exact) mass is 159 g/mol. The number of hydrogen-bond acceptors (Lipinski definition) is 2. The standard InChI is InChI=1S/C8H17NS/c1-7(10)8-4-3-5-9(2)6-8/h7-8,10H,3-6H2,1-2H3/t7-,8+/m0/s1. The van der Waals surface area contributed by atoms with Crippen molar-refractivity contribution in [3.05, 3.63) is 0 Å². The molecule has 2 atom stereocenters. The molecule has 1 aliphatic rings. The third-order valence-electron chi connectivity index (χ3n) is 2.34. The van der Waals surface area contributed by atoms with E-state index < -0.39 is 0 Å². The molecule has 1 rings (SSSR count). The summed E-state index contributed by atoms with van der Waals surface area (Å²) in [5.74, 6) is 0.821. The Balaban J connectivity index is 2.32. The van der Waals surface area contributed by atoms with Crippen LogP contribution in [0.5, 0.6) is 0 Å². The zero-order chi connectivity index (χ0) is 7.56. The zero-order valence-corrected chi connectivity index (χ0v) is 7.77. The summed E-state index contributed by atoms with van der Waals surface area (Å²) in [6.07, 6.45) is 2.72. The quantitative estimate of drug-likeness (QED) is 0.569. The van der Waals surface area contributed by atoms with Crippen molar-refractivity contribution in [2.45, 2.75) is 25.0 Å². The molecular formula is C8H17NS. The van der Waals surface area contributed by atoms with Gasteiger partial charge in [-0.25, -0.2) is 0 Å². The lowest BCUT2D eigenvalue weighted by Gasteiger charge is -2.31. The van der Waals surface area contributed by atoms with Gasteiger partial charge in [-0.05, 0) is 32.4 Å². The smallest absolute Gasteiger partial charge is 0.00289 e. The highest BCUT2D eigenvalue weighted by molar-refractivity contribution is 7.80. The van der Waals surface area contributed by atoms with Crippen LogP contribution in [0, 0.1) is 5.92 Å². The number of thiol groups is 1. The van der Waals surface area contributed by atoms with Crippen LogP contribution in [-0.2, 0) is 0 Å². The van der Waals surface area contributed by atoms with Gasteiger partial charge in [0, 0.05) is 11.8 Å². The van der Waals surface area contributed by atoms with Crippen LogP contribution in [0.25, 0.3) is 0 Å². The number of nitrogens with zero attached hydrogens (tertiary/aromatic N) is 1. The van der Waals surface area contributed by atoms with E-state index in [1.807, 2.05) is 0 Å². The molecule has 1 heterocycles. The minimum atomic E-state index is 0.572. The van der Waals surface area contributed by atoms with Gasteiger partial charge in [-0.15, -0.1) is 0 Å². The first-order valence-corrected chi connectivity index (χ1v) is 4.58. The Hall–Kier alpha value is 0.310. The van der Waals surface area contributed by atoms with Gasteiger partial charge in [0.2, 0.25) is 0 Å². The molecule has 10 heavy (non-hydrogen) atoms. The summed E-state index contributed by atoms with van der Waals surface area (Å²) < 4.78 is 0. The maximum atomic E-state index is 4.45. The van der Waals surface area contributed by atoms with Crippen LogP contribution in [0.15, 0.2) is 0 Å². The van der Waals surface area contributed by atoms with Crippen molar-refractivity contribution >= 4 is 12.6 Å². The molecule has 1 saturated heterocycles. The zero-order valence-electron chi connectivity index (χ0n) is 6.88. The van der Waals surface area contributed by atoms with Crippen molar-refractivity contribution in [3.63, 3.8) is 0 Å². The SMILES string of the molecule is C[C@H](S)[C@@H]1CCCN(C)C1. The van der Waals surface area contributed by atoms with Crippen LogP contribution in [0.1, 0.15) is 19.8 Å². The highest BCUT2D eigenvalue weighted by Gasteiger charge is 2.19. The molecule has 1 nitrogen and oxygen atoms in total. The van der Waals surface area contributed by atoms with Gasteiger partial charge in [-0.3, -0.25) is 0 Å². The van der Waals surface area contributed by atoms with E-state index in [-0.39, 0.29) is 0 Å². The second-order valence-corrected chi connectivity index (χ2v) is 4.22. The summed E-state index contributed by atoms with van der Waals surface area (Å²) >= 11 is 4.45. The second kappa shape index (κ2) is 3.63. The van der Waals surface area contributed by atoms with Crippen molar-refractivity contribution < 1.29 is 0 Å². The molecule has 1 aliphatic heterocycles. The predicted molar refractivity (Wildman–Crippen MR) is 48.7 cm³/mol. The highest BCUT2D eigenvalue weighted by atomic mass is 32.1. The fraction of sp³-hybridized carbons (Fsp3) is 1.00. The molecule has 0 bridgehead atoms. The van der Waals surface area contributed by atoms with Crippen LogP contribution in [0.3, 0.4) is 0 Å². The molecule has 0 unspecified atom stereocenters. The maximum absolute atomic E-state index is 4.45. The number of piperidine rings is 1. The molecule has 0 spiro atoms. The van der Waals surface area contributed by atoms with Crippen molar-refractivity contribution in [3.8, 4) is 0 Å². The van der Waals surface area contributed by atoms with Gasteiger partial charge in [0.15, 0.2) is 0 Å². The van der Waals surface area contributed by atoms with E-state index in [2.05, 4.69) is 31.5 Å². The number of rotatable bonds is 1. The Morgan fingerprint density at radius 1 is 1.60 bits per heavy atom. The Morgan fingerprint density at radius 3 is 2.70 bits per heavy atom. The molecule has 0 aliphatic carbocycles. The largest absolute Gasteiger partial charge is 0.306 e. The molecular weight excluding hydrogens is 142 g/mol. The van der Waals surface area contributed by atoms with Crippen LogP contribution < -0.4 is 0 Å². The lowest BCUT2D eigenvalue weighted by molar-refractivity contribution is 0.210. The lowest BCUT2D eigenvalue weighted by atomic mass is 9.96. The minimum Gasteiger partial charge on any atom is -0.306 e. The van der Waals surface area contributed by atoms with E-state index in [0.29, 0.717) is 5.25 Å². The molecule has 0 radical (unpaired) electrons. The maximum Gasteiger partial charge on any atom is 0.00289 e. The van der Waals surface area contributed by atoms with E-state index in [4.69, 9.17) is 0 Å². The Kier molecular flexibility index (Phi) is 3.05. The van der Waals surface area contributed by atoms with Gasteiger partial charge in [0.05, 0.1) is 0 Å². The first-order chi connectivity index (χ1) is 4.70.